The molecule has 0 aromatic heterocycles. The number of primary amides is 1. The first-order valence-electron chi connectivity index (χ1n) is 5.91. The van der Waals surface area contributed by atoms with Gasteiger partial charge in [0.1, 0.15) is 5.60 Å². The van der Waals surface area contributed by atoms with Gasteiger partial charge in [0.05, 0.1) is 12.0 Å². The highest BCUT2D eigenvalue weighted by molar-refractivity contribution is 5.78. The number of aliphatic hydroxyl groups is 1. The van der Waals surface area contributed by atoms with Crippen molar-refractivity contribution in [3.05, 3.63) is 0 Å². The third-order valence-electron chi connectivity index (χ3n) is 2.93. The van der Waals surface area contributed by atoms with Crippen molar-refractivity contribution in [2.24, 2.45) is 17.6 Å². The Labute approximate surface area is 101 Å². The van der Waals surface area contributed by atoms with E-state index in [9.17, 15) is 14.7 Å². The van der Waals surface area contributed by atoms with Crippen molar-refractivity contribution in [3.8, 4) is 0 Å². The van der Waals surface area contributed by atoms with E-state index in [1.54, 1.807) is 20.8 Å². The van der Waals surface area contributed by atoms with E-state index < -0.39 is 29.5 Å². The van der Waals surface area contributed by atoms with Crippen LogP contribution >= 0.6 is 0 Å². The van der Waals surface area contributed by atoms with Gasteiger partial charge in [0.15, 0.2) is 0 Å². The summed E-state index contributed by atoms with van der Waals surface area (Å²) in [5.41, 5.74) is 4.63. The molecule has 3 N–H and O–H groups in total. The number of carbonyl (C=O) groups is 2. The van der Waals surface area contributed by atoms with Gasteiger partial charge >= 0.3 is 5.97 Å². The molecule has 98 valence electrons. The second-order valence-corrected chi connectivity index (χ2v) is 5.62. The largest absolute Gasteiger partial charge is 0.460 e. The van der Waals surface area contributed by atoms with Crippen LogP contribution in [-0.4, -0.2) is 28.7 Å². The monoisotopic (exact) mass is 243 g/mol. The average Bonchev–Trinajstić information content (AvgIpc) is 2.14. The summed E-state index contributed by atoms with van der Waals surface area (Å²) < 4.78 is 5.23. The van der Waals surface area contributed by atoms with Crippen LogP contribution < -0.4 is 5.73 Å². The zero-order chi connectivity index (χ0) is 13.2. The molecule has 0 radical (unpaired) electrons. The number of hydrogen-bond donors (Lipinski definition) is 2. The van der Waals surface area contributed by atoms with Crippen LogP contribution in [0.4, 0.5) is 0 Å². The molecule has 1 rings (SSSR count). The number of esters is 1. The Hall–Kier alpha value is -1.10. The fourth-order valence-electron chi connectivity index (χ4n) is 2.06. The summed E-state index contributed by atoms with van der Waals surface area (Å²) in [5, 5.41) is 9.85. The fourth-order valence-corrected chi connectivity index (χ4v) is 2.06. The van der Waals surface area contributed by atoms with Gasteiger partial charge < -0.3 is 15.6 Å². The maximum absolute atomic E-state index is 11.8. The Morgan fingerprint density at radius 2 is 1.88 bits per heavy atom. The lowest BCUT2D eigenvalue weighted by molar-refractivity contribution is -0.167. The van der Waals surface area contributed by atoms with Crippen LogP contribution in [0.25, 0.3) is 0 Å². The molecule has 0 aromatic carbocycles. The van der Waals surface area contributed by atoms with E-state index in [0.29, 0.717) is 12.8 Å². The molecule has 5 heteroatoms. The van der Waals surface area contributed by atoms with Crippen molar-refractivity contribution in [2.45, 2.75) is 51.7 Å². The van der Waals surface area contributed by atoms with Gasteiger partial charge in [-0.3, -0.25) is 9.59 Å². The van der Waals surface area contributed by atoms with Crippen LogP contribution in [0.5, 0.6) is 0 Å². The molecule has 0 spiro atoms. The Kier molecular flexibility index (Phi) is 4.14. The van der Waals surface area contributed by atoms with E-state index in [4.69, 9.17) is 10.5 Å². The molecule has 3 atom stereocenters. The van der Waals surface area contributed by atoms with E-state index in [1.165, 1.54) is 0 Å². The molecule has 1 fully saturated rings. The van der Waals surface area contributed by atoms with Gasteiger partial charge in [-0.15, -0.1) is 0 Å². The van der Waals surface area contributed by atoms with Crippen LogP contribution in [0.1, 0.15) is 40.0 Å². The van der Waals surface area contributed by atoms with Gasteiger partial charge in [0, 0.05) is 5.92 Å². The minimum Gasteiger partial charge on any atom is -0.460 e. The van der Waals surface area contributed by atoms with Gasteiger partial charge in [-0.1, -0.05) is 0 Å². The molecule has 1 aliphatic carbocycles. The summed E-state index contributed by atoms with van der Waals surface area (Å²) in [6.45, 7) is 5.35. The fraction of sp³-hybridized carbons (Fsp3) is 0.833. The van der Waals surface area contributed by atoms with Crippen LogP contribution in [-0.2, 0) is 14.3 Å². The van der Waals surface area contributed by atoms with Gasteiger partial charge in [0.2, 0.25) is 5.91 Å². The summed E-state index contributed by atoms with van der Waals surface area (Å²) in [4.78, 5) is 22.8. The Balaban J connectivity index is 2.58. The van der Waals surface area contributed by atoms with Crippen LogP contribution in [0.3, 0.4) is 0 Å². The lowest BCUT2D eigenvalue weighted by Gasteiger charge is -2.32. The number of hydrogen-bond acceptors (Lipinski definition) is 4. The van der Waals surface area contributed by atoms with E-state index >= 15 is 0 Å². The van der Waals surface area contributed by atoms with Gasteiger partial charge in [0.25, 0.3) is 0 Å². The van der Waals surface area contributed by atoms with E-state index in [1.807, 2.05) is 0 Å². The maximum Gasteiger partial charge on any atom is 0.312 e. The number of nitrogens with two attached hydrogens (primary N) is 1. The molecule has 0 unspecified atom stereocenters. The van der Waals surface area contributed by atoms with E-state index in [-0.39, 0.29) is 12.3 Å². The molecule has 1 amide bonds. The Morgan fingerprint density at radius 1 is 1.29 bits per heavy atom. The highest BCUT2D eigenvalue weighted by Crippen LogP contribution is 2.30. The first-order valence-corrected chi connectivity index (χ1v) is 5.91. The number of rotatable bonds is 2. The molecular formula is C12H21NO4. The molecule has 1 saturated carbocycles. The van der Waals surface area contributed by atoms with Crippen molar-refractivity contribution < 1.29 is 19.4 Å². The normalized spacial score (nSPS) is 29.8. The van der Waals surface area contributed by atoms with Crippen molar-refractivity contribution in [1.82, 2.24) is 0 Å². The minimum atomic E-state index is -0.837. The zero-order valence-corrected chi connectivity index (χ0v) is 10.6. The zero-order valence-electron chi connectivity index (χ0n) is 10.6. The standard InChI is InChI=1S/C12H21NO4/c1-12(2,3)17-11(16)8-5-4-7(10(13)15)6-9(8)14/h7-9,14H,4-6H2,1-3H3,(H2,13,15)/t7-,8-,9-/m0/s1. The molecule has 0 heterocycles. The lowest BCUT2D eigenvalue weighted by atomic mass is 9.79. The van der Waals surface area contributed by atoms with Crippen molar-refractivity contribution in [1.29, 1.82) is 0 Å². The lowest BCUT2D eigenvalue weighted by Crippen LogP contribution is -2.41. The third-order valence-corrected chi connectivity index (χ3v) is 2.93. The summed E-state index contributed by atoms with van der Waals surface area (Å²) in [6.07, 6.45) is 0.398. The predicted molar refractivity (Wildman–Crippen MR) is 61.9 cm³/mol. The summed E-state index contributed by atoms with van der Waals surface area (Å²) >= 11 is 0. The third kappa shape index (κ3) is 4.00. The summed E-state index contributed by atoms with van der Waals surface area (Å²) in [7, 11) is 0. The first kappa shape index (κ1) is 14.0. The smallest absolute Gasteiger partial charge is 0.312 e. The van der Waals surface area contributed by atoms with Gasteiger partial charge in [-0.2, -0.15) is 0 Å². The van der Waals surface area contributed by atoms with Crippen LogP contribution in [0.2, 0.25) is 0 Å². The summed E-state index contributed by atoms with van der Waals surface area (Å²) in [6, 6.07) is 0. The van der Waals surface area contributed by atoms with Crippen molar-refractivity contribution >= 4 is 11.9 Å². The minimum absolute atomic E-state index is 0.249. The molecular weight excluding hydrogens is 222 g/mol. The second-order valence-electron chi connectivity index (χ2n) is 5.62. The average molecular weight is 243 g/mol. The van der Waals surface area contributed by atoms with Crippen LogP contribution in [0.15, 0.2) is 0 Å². The first-order chi connectivity index (χ1) is 7.70. The maximum atomic E-state index is 11.8. The van der Waals surface area contributed by atoms with E-state index in [2.05, 4.69) is 0 Å². The van der Waals surface area contributed by atoms with Gasteiger partial charge in [-0.25, -0.2) is 0 Å². The Morgan fingerprint density at radius 3 is 2.29 bits per heavy atom. The topological polar surface area (TPSA) is 89.6 Å². The Bertz CT molecular complexity index is 308. The summed E-state index contributed by atoms with van der Waals surface area (Å²) in [5.74, 6) is -1.67. The second kappa shape index (κ2) is 5.04. The highest BCUT2D eigenvalue weighted by Gasteiger charge is 2.37. The molecule has 0 bridgehead atoms. The van der Waals surface area contributed by atoms with Gasteiger partial charge in [-0.05, 0) is 40.0 Å². The number of amides is 1. The number of ether oxygens (including phenoxy) is 1. The molecule has 17 heavy (non-hydrogen) atoms. The van der Waals surface area contributed by atoms with Crippen molar-refractivity contribution in [2.75, 3.05) is 0 Å². The molecule has 1 aliphatic rings. The predicted octanol–water partition coefficient (Wildman–Crippen LogP) is 0.591. The van der Waals surface area contributed by atoms with Crippen molar-refractivity contribution in [3.63, 3.8) is 0 Å². The molecule has 0 saturated heterocycles. The number of carbonyl (C=O) groups excluding carboxylic acids is 2. The molecule has 0 aliphatic heterocycles. The quantitative estimate of drug-likeness (QED) is 0.695. The van der Waals surface area contributed by atoms with Crippen LogP contribution in [0, 0.1) is 11.8 Å². The number of aliphatic hydroxyl groups excluding tert-OH is 1. The molecule has 5 nitrogen and oxygen atoms in total. The highest BCUT2D eigenvalue weighted by atomic mass is 16.6. The SMILES string of the molecule is CC(C)(C)OC(=O)[C@H]1CC[C@H](C(N)=O)C[C@@H]1O. The molecule has 0 aromatic rings. The van der Waals surface area contributed by atoms with E-state index in [0.717, 1.165) is 0 Å².